The van der Waals surface area contributed by atoms with Crippen LogP contribution in [0, 0.1) is 0 Å². The molecule has 1 fully saturated rings. The van der Waals surface area contributed by atoms with Crippen LogP contribution >= 0.6 is 11.3 Å². The van der Waals surface area contributed by atoms with Gasteiger partial charge in [-0.05, 0) is 26.1 Å². The molecule has 1 saturated heterocycles. The van der Waals surface area contributed by atoms with E-state index in [9.17, 15) is 0 Å². The van der Waals surface area contributed by atoms with E-state index in [1.54, 1.807) is 0 Å². The van der Waals surface area contributed by atoms with Gasteiger partial charge in [-0.15, -0.1) is 11.3 Å². The molecule has 1 aliphatic heterocycles. The SMILES string of the molecule is CNCc1ccc(CN2CCOC(C)C2)s1. The van der Waals surface area contributed by atoms with Gasteiger partial charge in [0.05, 0.1) is 12.7 Å². The fourth-order valence-electron chi connectivity index (χ4n) is 2.03. The maximum Gasteiger partial charge on any atom is 0.0674 e. The highest BCUT2D eigenvalue weighted by atomic mass is 32.1. The number of rotatable bonds is 4. The lowest BCUT2D eigenvalue weighted by Gasteiger charge is -2.30. The highest BCUT2D eigenvalue weighted by Crippen LogP contribution is 2.19. The highest BCUT2D eigenvalue weighted by Gasteiger charge is 2.17. The summed E-state index contributed by atoms with van der Waals surface area (Å²) in [6.45, 7) is 7.18. The van der Waals surface area contributed by atoms with Crippen molar-refractivity contribution in [2.24, 2.45) is 0 Å². The monoisotopic (exact) mass is 240 g/mol. The third kappa shape index (κ3) is 3.28. The van der Waals surface area contributed by atoms with Gasteiger partial charge in [0.15, 0.2) is 0 Å². The van der Waals surface area contributed by atoms with Crippen LogP contribution in [0.15, 0.2) is 12.1 Å². The molecule has 4 heteroatoms. The van der Waals surface area contributed by atoms with Gasteiger partial charge in [0.1, 0.15) is 0 Å². The van der Waals surface area contributed by atoms with Crippen LogP contribution in [0.5, 0.6) is 0 Å². The van der Waals surface area contributed by atoms with Crippen molar-refractivity contribution in [3.63, 3.8) is 0 Å². The minimum Gasteiger partial charge on any atom is -0.376 e. The summed E-state index contributed by atoms with van der Waals surface area (Å²) < 4.78 is 5.54. The van der Waals surface area contributed by atoms with Gasteiger partial charge in [-0.1, -0.05) is 0 Å². The van der Waals surface area contributed by atoms with Gasteiger partial charge in [-0.2, -0.15) is 0 Å². The molecule has 16 heavy (non-hydrogen) atoms. The zero-order chi connectivity index (χ0) is 11.4. The van der Waals surface area contributed by atoms with E-state index in [4.69, 9.17) is 4.74 Å². The van der Waals surface area contributed by atoms with Crippen molar-refractivity contribution >= 4 is 11.3 Å². The average Bonchev–Trinajstić information content (AvgIpc) is 2.66. The number of nitrogens with one attached hydrogen (secondary N) is 1. The lowest BCUT2D eigenvalue weighted by atomic mass is 10.3. The summed E-state index contributed by atoms with van der Waals surface area (Å²) in [6.07, 6.45) is 0.380. The third-order valence-corrected chi connectivity index (χ3v) is 3.84. The first-order valence-electron chi connectivity index (χ1n) is 5.84. The molecule has 0 radical (unpaired) electrons. The molecule has 90 valence electrons. The minimum atomic E-state index is 0.380. The molecule has 2 rings (SSSR count). The molecule has 0 bridgehead atoms. The second-order valence-electron chi connectivity index (χ2n) is 4.31. The Morgan fingerprint density at radius 3 is 3.06 bits per heavy atom. The van der Waals surface area contributed by atoms with E-state index in [-0.39, 0.29) is 0 Å². The Hall–Kier alpha value is -0.420. The second kappa shape index (κ2) is 5.77. The van der Waals surface area contributed by atoms with E-state index in [1.165, 1.54) is 9.75 Å². The van der Waals surface area contributed by atoms with Crippen molar-refractivity contribution in [2.75, 3.05) is 26.7 Å². The topological polar surface area (TPSA) is 24.5 Å². The molecule has 0 amide bonds. The highest BCUT2D eigenvalue weighted by molar-refractivity contribution is 7.11. The number of ether oxygens (including phenoxy) is 1. The molecule has 1 aromatic heterocycles. The maximum absolute atomic E-state index is 5.54. The van der Waals surface area contributed by atoms with Gasteiger partial charge in [0.25, 0.3) is 0 Å². The Morgan fingerprint density at radius 1 is 1.50 bits per heavy atom. The molecule has 1 unspecified atom stereocenters. The Morgan fingerprint density at radius 2 is 2.31 bits per heavy atom. The molecule has 1 aliphatic rings. The lowest BCUT2D eigenvalue weighted by Crippen LogP contribution is -2.40. The van der Waals surface area contributed by atoms with Gasteiger partial charge < -0.3 is 10.1 Å². The molecule has 2 heterocycles. The predicted molar refractivity (Wildman–Crippen MR) is 67.8 cm³/mol. The number of thiophene rings is 1. The van der Waals surface area contributed by atoms with Crippen molar-refractivity contribution < 1.29 is 4.74 Å². The predicted octanol–water partition coefficient (Wildman–Crippen LogP) is 1.69. The maximum atomic E-state index is 5.54. The van der Waals surface area contributed by atoms with E-state index in [0.717, 1.165) is 32.8 Å². The minimum absolute atomic E-state index is 0.380. The standard InChI is InChI=1S/C12H20N2OS/c1-10-8-14(5-6-15-10)9-12-4-3-11(16-12)7-13-2/h3-4,10,13H,5-9H2,1-2H3. The van der Waals surface area contributed by atoms with Gasteiger partial charge in [-0.3, -0.25) is 4.90 Å². The number of hydrogen-bond donors (Lipinski definition) is 1. The third-order valence-electron chi connectivity index (χ3n) is 2.77. The average molecular weight is 240 g/mol. The first kappa shape index (κ1) is 12.0. The normalized spacial score (nSPS) is 22.5. The smallest absolute Gasteiger partial charge is 0.0674 e. The summed E-state index contributed by atoms with van der Waals surface area (Å²) >= 11 is 1.91. The largest absolute Gasteiger partial charge is 0.376 e. The first-order chi connectivity index (χ1) is 7.78. The van der Waals surface area contributed by atoms with E-state index in [0.29, 0.717) is 6.10 Å². The summed E-state index contributed by atoms with van der Waals surface area (Å²) in [4.78, 5) is 5.35. The zero-order valence-corrected chi connectivity index (χ0v) is 10.8. The van der Waals surface area contributed by atoms with Gasteiger partial charge in [-0.25, -0.2) is 0 Å². The second-order valence-corrected chi connectivity index (χ2v) is 5.57. The molecule has 0 spiro atoms. The summed E-state index contributed by atoms with van der Waals surface area (Å²) in [5.41, 5.74) is 0. The fraction of sp³-hybridized carbons (Fsp3) is 0.667. The first-order valence-corrected chi connectivity index (χ1v) is 6.65. The molecule has 0 saturated carbocycles. The Kier molecular flexibility index (Phi) is 4.35. The van der Waals surface area contributed by atoms with Crippen molar-refractivity contribution in [1.82, 2.24) is 10.2 Å². The van der Waals surface area contributed by atoms with Crippen LogP contribution in [0.1, 0.15) is 16.7 Å². The van der Waals surface area contributed by atoms with Crippen LogP contribution < -0.4 is 5.32 Å². The van der Waals surface area contributed by atoms with Crippen LogP contribution in [-0.4, -0.2) is 37.7 Å². The molecular formula is C12H20N2OS. The lowest BCUT2D eigenvalue weighted by molar-refractivity contribution is -0.0208. The van der Waals surface area contributed by atoms with Crippen molar-refractivity contribution in [3.05, 3.63) is 21.9 Å². The molecule has 1 aromatic rings. The van der Waals surface area contributed by atoms with Crippen LogP contribution in [0.3, 0.4) is 0 Å². The quantitative estimate of drug-likeness (QED) is 0.867. The van der Waals surface area contributed by atoms with Crippen molar-refractivity contribution in [1.29, 1.82) is 0 Å². The number of hydrogen-bond acceptors (Lipinski definition) is 4. The molecule has 3 nitrogen and oxygen atoms in total. The summed E-state index contributed by atoms with van der Waals surface area (Å²) in [5, 5.41) is 3.18. The van der Waals surface area contributed by atoms with E-state index >= 15 is 0 Å². The van der Waals surface area contributed by atoms with Gasteiger partial charge >= 0.3 is 0 Å². The van der Waals surface area contributed by atoms with E-state index in [1.807, 2.05) is 18.4 Å². The summed E-state index contributed by atoms with van der Waals surface area (Å²) in [7, 11) is 1.99. The van der Waals surface area contributed by atoms with Crippen LogP contribution in [0.25, 0.3) is 0 Å². The number of morpholine rings is 1. The fourth-order valence-corrected chi connectivity index (χ4v) is 3.10. The van der Waals surface area contributed by atoms with E-state index in [2.05, 4.69) is 29.3 Å². The Labute approximate surface area is 101 Å². The summed E-state index contributed by atoms with van der Waals surface area (Å²) in [6, 6.07) is 4.47. The molecule has 0 aromatic carbocycles. The van der Waals surface area contributed by atoms with Crippen molar-refractivity contribution in [2.45, 2.75) is 26.1 Å². The Bertz CT molecular complexity index is 327. The van der Waals surface area contributed by atoms with Crippen LogP contribution in [-0.2, 0) is 17.8 Å². The molecular weight excluding hydrogens is 220 g/mol. The Balaban J connectivity index is 1.87. The van der Waals surface area contributed by atoms with Crippen molar-refractivity contribution in [3.8, 4) is 0 Å². The van der Waals surface area contributed by atoms with Crippen LogP contribution in [0.2, 0.25) is 0 Å². The molecule has 0 aliphatic carbocycles. The van der Waals surface area contributed by atoms with Crippen LogP contribution in [0.4, 0.5) is 0 Å². The molecule has 1 N–H and O–H groups in total. The van der Waals surface area contributed by atoms with E-state index < -0.39 is 0 Å². The van der Waals surface area contributed by atoms with Gasteiger partial charge in [0, 0.05) is 35.9 Å². The summed E-state index contributed by atoms with van der Waals surface area (Å²) in [5.74, 6) is 0. The molecule has 1 atom stereocenters. The van der Waals surface area contributed by atoms with Gasteiger partial charge in [0.2, 0.25) is 0 Å². The zero-order valence-electron chi connectivity index (χ0n) is 10.0. The number of nitrogens with zero attached hydrogens (tertiary/aromatic N) is 1.